The standard InChI is InChI=1S/C34H28N6S/c1-37-13-9-33-29(20-37)27-18-35-11-7-31(27)39(33)24-15-23(22-3-5-26(41)6-4-22)16-25(17-24)40-32-8-12-36-19-28(32)30-21-38(2)14-10-34(30)40/h3-19,41H,20-21H2,1-2H3. The van der Waals surface area contributed by atoms with Crippen molar-refractivity contribution in [3.8, 4) is 22.5 Å². The molecular formula is C34H28N6S. The third-order valence-corrected chi connectivity index (χ3v) is 8.53. The zero-order valence-corrected chi connectivity index (χ0v) is 23.8. The van der Waals surface area contributed by atoms with E-state index in [1.165, 1.54) is 33.3 Å². The SMILES string of the molecule is CN1C=Cc2c(c3cnccc3n2-c2cc(-c3ccc(S)cc3)cc(-n3c4c(c5cnccc53)CN(C)C=C4)c2)C1. The minimum absolute atomic E-state index is 0.845. The molecule has 0 aliphatic carbocycles. The summed E-state index contributed by atoms with van der Waals surface area (Å²) >= 11 is 4.54. The number of benzene rings is 2. The van der Waals surface area contributed by atoms with E-state index in [1.54, 1.807) is 0 Å². The Bertz CT molecular complexity index is 1920. The molecule has 4 aromatic heterocycles. The van der Waals surface area contributed by atoms with Gasteiger partial charge in [0.25, 0.3) is 0 Å². The van der Waals surface area contributed by atoms with Crippen molar-refractivity contribution in [3.63, 3.8) is 0 Å². The first-order chi connectivity index (χ1) is 20.0. The Hall–Kier alpha value is -4.75. The molecule has 0 spiro atoms. The van der Waals surface area contributed by atoms with Crippen LogP contribution >= 0.6 is 12.6 Å². The Balaban J connectivity index is 1.45. The summed E-state index contributed by atoms with van der Waals surface area (Å²) < 4.78 is 4.78. The number of thiol groups is 1. The highest BCUT2D eigenvalue weighted by atomic mass is 32.1. The average Bonchev–Trinajstić information content (AvgIpc) is 3.49. The minimum Gasteiger partial charge on any atom is -0.376 e. The molecule has 0 atom stereocenters. The van der Waals surface area contributed by atoms with Gasteiger partial charge in [-0.05, 0) is 65.7 Å². The lowest BCUT2D eigenvalue weighted by molar-refractivity contribution is 0.449. The molecule has 200 valence electrons. The first-order valence-corrected chi connectivity index (χ1v) is 14.2. The molecule has 6 aromatic rings. The van der Waals surface area contributed by atoms with Gasteiger partial charge in [-0.3, -0.25) is 9.97 Å². The normalized spacial score (nSPS) is 14.2. The van der Waals surface area contributed by atoms with Gasteiger partial charge in [0, 0.05) is 103 Å². The topological polar surface area (TPSA) is 42.1 Å². The van der Waals surface area contributed by atoms with Crippen LogP contribution in [0.1, 0.15) is 22.5 Å². The molecule has 6 nitrogen and oxygen atoms in total. The van der Waals surface area contributed by atoms with E-state index >= 15 is 0 Å². The molecule has 2 aliphatic heterocycles. The number of aromatic nitrogens is 4. The number of hydrogen-bond acceptors (Lipinski definition) is 5. The molecule has 6 heterocycles. The number of fused-ring (bicyclic) bond motifs is 6. The number of nitrogens with zero attached hydrogens (tertiary/aromatic N) is 6. The molecule has 0 unspecified atom stereocenters. The molecule has 0 fully saturated rings. The van der Waals surface area contributed by atoms with Crippen molar-refractivity contribution in [2.75, 3.05) is 14.1 Å². The van der Waals surface area contributed by atoms with Crippen LogP contribution in [0.25, 0.3) is 56.5 Å². The lowest BCUT2D eigenvalue weighted by Gasteiger charge is -2.22. The van der Waals surface area contributed by atoms with Crippen LogP contribution < -0.4 is 0 Å². The van der Waals surface area contributed by atoms with Gasteiger partial charge in [-0.2, -0.15) is 0 Å². The van der Waals surface area contributed by atoms with Crippen LogP contribution in [0.5, 0.6) is 0 Å². The van der Waals surface area contributed by atoms with Crippen molar-refractivity contribution in [1.29, 1.82) is 0 Å². The predicted octanol–water partition coefficient (Wildman–Crippen LogP) is 7.15. The second kappa shape index (κ2) is 9.14. The van der Waals surface area contributed by atoms with E-state index in [0.717, 1.165) is 51.5 Å². The summed E-state index contributed by atoms with van der Waals surface area (Å²) in [6.45, 7) is 1.69. The van der Waals surface area contributed by atoms with Gasteiger partial charge >= 0.3 is 0 Å². The fraction of sp³-hybridized carbons (Fsp3) is 0.118. The van der Waals surface area contributed by atoms with E-state index in [0.29, 0.717) is 0 Å². The molecule has 2 aromatic carbocycles. The van der Waals surface area contributed by atoms with Crippen LogP contribution in [0.2, 0.25) is 0 Å². The average molecular weight is 553 g/mol. The van der Waals surface area contributed by atoms with Crippen molar-refractivity contribution in [3.05, 3.63) is 114 Å². The molecule has 0 saturated heterocycles. The molecular weight excluding hydrogens is 524 g/mol. The second-order valence-corrected chi connectivity index (χ2v) is 11.4. The second-order valence-electron chi connectivity index (χ2n) is 10.9. The fourth-order valence-corrected chi connectivity index (χ4v) is 6.50. The summed E-state index contributed by atoms with van der Waals surface area (Å²) in [4.78, 5) is 14.4. The van der Waals surface area contributed by atoms with Crippen LogP contribution in [0, 0.1) is 0 Å². The van der Waals surface area contributed by atoms with Crippen molar-refractivity contribution >= 4 is 46.6 Å². The molecule has 0 amide bonds. The maximum Gasteiger partial charge on any atom is 0.0569 e. The first-order valence-electron chi connectivity index (χ1n) is 13.7. The Morgan fingerprint density at radius 1 is 0.634 bits per heavy atom. The highest BCUT2D eigenvalue weighted by molar-refractivity contribution is 7.80. The molecule has 0 bridgehead atoms. The third-order valence-electron chi connectivity index (χ3n) is 8.24. The summed E-state index contributed by atoms with van der Waals surface area (Å²) in [5.41, 5.74) is 11.8. The van der Waals surface area contributed by atoms with Gasteiger partial charge in [-0.25, -0.2) is 0 Å². The monoisotopic (exact) mass is 552 g/mol. The summed E-state index contributed by atoms with van der Waals surface area (Å²) in [7, 11) is 4.23. The molecule has 0 saturated carbocycles. The molecule has 41 heavy (non-hydrogen) atoms. The van der Waals surface area contributed by atoms with Gasteiger partial charge in [0.1, 0.15) is 0 Å². The van der Waals surface area contributed by atoms with Crippen molar-refractivity contribution in [2.45, 2.75) is 18.0 Å². The number of hydrogen-bond donors (Lipinski definition) is 1. The molecule has 8 rings (SSSR count). The number of pyridine rings is 2. The highest BCUT2D eigenvalue weighted by Crippen LogP contribution is 2.38. The van der Waals surface area contributed by atoms with Crippen molar-refractivity contribution in [2.24, 2.45) is 0 Å². The van der Waals surface area contributed by atoms with Gasteiger partial charge in [-0.15, -0.1) is 12.6 Å². The lowest BCUT2D eigenvalue weighted by atomic mass is 10.0. The van der Waals surface area contributed by atoms with Gasteiger partial charge < -0.3 is 18.9 Å². The zero-order chi connectivity index (χ0) is 27.7. The van der Waals surface area contributed by atoms with Crippen LogP contribution in [0.15, 0.2) is 96.7 Å². The smallest absolute Gasteiger partial charge is 0.0569 e. The Kier molecular flexibility index (Phi) is 5.37. The van der Waals surface area contributed by atoms with E-state index < -0.39 is 0 Å². The van der Waals surface area contributed by atoms with E-state index in [-0.39, 0.29) is 0 Å². The third kappa shape index (κ3) is 3.80. The summed E-state index contributed by atoms with van der Waals surface area (Å²) in [6.07, 6.45) is 16.5. The van der Waals surface area contributed by atoms with E-state index in [1.807, 2.05) is 24.8 Å². The Morgan fingerprint density at radius 2 is 1.15 bits per heavy atom. The van der Waals surface area contributed by atoms with Crippen LogP contribution in [0.4, 0.5) is 0 Å². The van der Waals surface area contributed by atoms with E-state index in [2.05, 4.69) is 135 Å². The minimum atomic E-state index is 0.845. The molecule has 0 N–H and O–H groups in total. The van der Waals surface area contributed by atoms with Crippen LogP contribution in [0.3, 0.4) is 0 Å². The maximum atomic E-state index is 4.54. The summed E-state index contributed by atoms with van der Waals surface area (Å²) in [5.74, 6) is 0. The largest absolute Gasteiger partial charge is 0.376 e. The lowest BCUT2D eigenvalue weighted by Crippen LogP contribution is -2.15. The van der Waals surface area contributed by atoms with Gasteiger partial charge in [0.05, 0.1) is 22.4 Å². The quantitative estimate of drug-likeness (QED) is 0.237. The zero-order valence-electron chi connectivity index (χ0n) is 22.9. The van der Waals surface area contributed by atoms with E-state index in [4.69, 9.17) is 0 Å². The Labute approximate surface area is 243 Å². The van der Waals surface area contributed by atoms with Gasteiger partial charge in [-0.1, -0.05) is 12.1 Å². The molecule has 7 heteroatoms. The Morgan fingerprint density at radius 3 is 1.66 bits per heavy atom. The predicted molar refractivity (Wildman–Crippen MR) is 169 cm³/mol. The highest BCUT2D eigenvalue weighted by Gasteiger charge is 2.24. The van der Waals surface area contributed by atoms with E-state index in [9.17, 15) is 0 Å². The maximum absolute atomic E-state index is 4.54. The summed E-state index contributed by atoms with van der Waals surface area (Å²) in [6, 6.07) is 19.6. The van der Waals surface area contributed by atoms with Crippen LogP contribution in [-0.2, 0) is 13.1 Å². The molecule has 0 radical (unpaired) electrons. The fourth-order valence-electron chi connectivity index (χ4n) is 6.35. The van der Waals surface area contributed by atoms with Gasteiger partial charge in [0.15, 0.2) is 0 Å². The number of rotatable bonds is 3. The van der Waals surface area contributed by atoms with Crippen LogP contribution in [-0.4, -0.2) is 43.0 Å². The first kappa shape index (κ1) is 24.1. The van der Waals surface area contributed by atoms with Gasteiger partial charge in [0.2, 0.25) is 0 Å². The van der Waals surface area contributed by atoms with Crippen molar-refractivity contribution < 1.29 is 0 Å². The van der Waals surface area contributed by atoms with Crippen molar-refractivity contribution in [1.82, 2.24) is 28.9 Å². The molecule has 2 aliphatic rings. The summed E-state index contributed by atoms with van der Waals surface area (Å²) in [5, 5.41) is 2.37.